The van der Waals surface area contributed by atoms with E-state index in [-0.39, 0.29) is 0 Å². The van der Waals surface area contributed by atoms with Crippen molar-refractivity contribution in [3.63, 3.8) is 0 Å². The van der Waals surface area contributed by atoms with Gasteiger partial charge in [0.25, 0.3) is 0 Å². The van der Waals surface area contributed by atoms with Crippen LogP contribution in [0.25, 0.3) is 10.3 Å². The van der Waals surface area contributed by atoms with Crippen molar-refractivity contribution in [2.45, 2.75) is 0 Å². The van der Waals surface area contributed by atoms with Crippen molar-refractivity contribution in [2.75, 3.05) is 5.73 Å². The van der Waals surface area contributed by atoms with Crippen LogP contribution in [0.5, 0.6) is 0 Å². The van der Waals surface area contributed by atoms with E-state index >= 15 is 0 Å². The number of thiophene rings is 1. The van der Waals surface area contributed by atoms with Gasteiger partial charge in [0.2, 0.25) is 0 Å². The Kier molecular flexibility index (Phi) is 0.818. The van der Waals surface area contributed by atoms with Crippen molar-refractivity contribution >= 4 is 26.6 Å². The fourth-order valence-corrected chi connectivity index (χ4v) is 1.54. The van der Waals surface area contributed by atoms with Crippen LogP contribution in [0.3, 0.4) is 0 Å². The van der Waals surface area contributed by atoms with Gasteiger partial charge in [0.1, 0.15) is 5.58 Å². The quantitative estimate of drug-likeness (QED) is 0.606. The van der Waals surface area contributed by atoms with Gasteiger partial charge in [-0.15, -0.1) is 11.3 Å². The molecule has 0 aromatic carbocycles. The molecule has 0 bridgehead atoms. The lowest BCUT2D eigenvalue weighted by molar-refractivity contribution is 0.616. The van der Waals surface area contributed by atoms with E-state index in [1.807, 2.05) is 12.1 Å². The van der Waals surface area contributed by atoms with Gasteiger partial charge < -0.3 is 10.2 Å². The average Bonchev–Trinajstić information content (AvgIpc) is 2.22. The van der Waals surface area contributed by atoms with Gasteiger partial charge in [0.15, 0.2) is 0 Å². The molecule has 0 radical (unpaired) electrons. The zero-order valence-corrected chi connectivity index (χ0v) is 5.44. The Morgan fingerprint density at radius 2 is 2.44 bits per heavy atom. The molecule has 2 aromatic heterocycles. The molecule has 3 heteroatoms. The highest BCUT2D eigenvalue weighted by molar-refractivity contribution is 7.22. The van der Waals surface area contributed by atoms with Crippen molar-refractivity contribution < 1.29 is 4.42 Å². The Balaban J connectivity index is 2.92. The van der Waals surface area contributed by atoms with Crippen LogP contribution in [-0.4, -0.2) is 0 Å². The van der Waals surface area contributed by atoms with Crippen LogP contribution in [0.2, 0.25) is 0 Å². The summed E-state index contributed by atoms with van der Waals surface area (Å²) in [7, 11) is 0. The van der Waals surface area contributed by atoms with Gasteiger partial charge >= 0.3 is 0 Å². The Hall–Kier alpha value is -0.960. The second-order valence-corrected chi connectivity index (χ2v) is 2.91. The molecule has 2 heterocycles. The standard InChI is InChI=1S/C6H5NOS/c7-6-3-4-5(9-6)1-2-8-4/h1-3H,7H2. The maximum atomic E-state index is 5.49. The Labute approximate surface area is 55.9 Å². The van der Waals surface area contributed by atoms with Gasteiger partial charge in [-0.2, -0.15) is 0 Å². The Morgan fingerprint density at radius 3 is 3.22 bits per heavy atom. The van der Waals surface area contributed by atoms with Crippen LogP contribution < -0.4 is 5.73 Å². The summed E-state index contributed by atoms with van der Waals surface area (Å²) in [4.78, 5) is 0. The molecule has 2 nitrogen and oxygen atoms in total. The topological polar surface area (TPSA) is 39.2 Å². The number of hydrogen-bond acceptors (Lipinski definition) is 3. The predicted octanol–water partition coefficient (Wildman–Crippen LogP) is 2.08. The van der Waals surface area contributed by atoms with E-state index in [4.69, 9.17) is 10.2 Å². The SMILES string of the molecule is Nc1cc2occc2s1. The van der Waals surface area contributed by atoms with Crippen LogP contribution in [0.4, 0.5) is 5.00 Å². The van der Waals surface area contributed by atoms with Crippen LogP contribution in [-0.2, 0) is 0 Å². The monoisotopic (exact) mass is 139 g/mol. The molecule has 0 aliphatic carbocycles. The molecular weight excluding hydrogens is 134 g/mol. The van der Waals surface area contributed by atoms with E-state index in [0.29, 0.717) is 0 Å². The van der Waals surface area contributed by atoms with E-state index in [0.717, 1.165) is 15.3 Å². The fraction of sp³-hybridized carbons (Fsp3) is 0. The summed E-state index contributed by atoms with van der Waals surface area (Å²) in [6.45, 7) is 0. The highest BCUT2D eigenvalue weighted by Crippen LogP contribution is 2.27. The van der Waals surface area contributed by atoms with E-state index in [1.165, 1.54) is 0 Å². The first kappa shape index (κ1) is 4.88. The maximum absolute atomic E-state index is 5.49. The van der Waals surface area contributed by atoms with Crippen LogP contribution >= 0.6 is 11.3 Å². The molecule has 0 spiro atoms. The molecule has 0 saturated carbocycles. The average molecular weight is 139 g/mol. The van der Waals surface area contributed by atoms with E-state index in [9.17, 15) is 0 Å². The molecule has 0 unspecified atom stereocenters. The second-order valence-electron chi connectivity index (χ2n) is 1.80. The largest absolute Gasteiger partial charge is 0.463 e. The van der Waals surface area contributed by atoms with Gasteiger partial charge in [-0.1, -0.05) is 0 Å². The summed E-state index contributed by atoms with van der Waals surface area (Å²) < 4.78 is 6.19. The molecular formula is C6H5NOS. The summed E-state index contributed by atoms with van der Waals surface area (Å²) >= 11 is 1.54. The summed E-state index contributed by atoms with van der Waals surface area (Å²) in [6.07, 6.45) is 1.67. The summed E-state index contributed by atoms with van der Waals surface area (Å²) in [5, 5.41) is 0.810. The third-order valence-electron chi connectivity index (χ3n) is 1.16. The molecule has 0 amide bonds. The highest BCUT2D eigenvalue weighted by atomic mass is 32.1. The first-order valence-corrected chi connectivity index (χ1v) is 3.40. The maximum Gasteiger partial charge on any atom is 0.146 e. The number of nitrogens with two attached hydrogens (primary N) is 1. The molecule has 2 N–H and O–H groups in total. The molecule has 0 atom stereocenters. The van der Waals surface area contributed by atoms with Crippen molar-refractivity contribution in [3.8, 4) is 0 Å². The molecule has 2 rings (SSSR count). The normalized spacial score (nSPS) is 10.7. The zero-order valence-electron chi connectivity index (χ0n) is 4.63. The number of hydrogen-bond donors (Lipinski definition) is 1. The fourth-order valence-electron chi connectivity index (χ4n) is 0.784. The molecule has 0 aliphatic heterocycles. The molecule has 46 valence electrons. The lowest BCUT2D eigenvalue weighted by Crippen LogP contribution is -1.72. The molecule has 0 fully saturated rings. The Morgan fingerprint density at radius 1 is 1.56 bits per heavy atom. The number of nitrogen functional groups attached to an aromatic ring is 1. The lowest BCUT2D eigenvalue weighted by Gasteiger charge is -1.71. The molecule has 0 aliphatic rings. The van der Waals surface area contributed by atoms with E-state index in [1.54, 1.807) is 17.6 Å². The minimum Gasteiger partial charge on any atom is -0.463 e. The van der Waals surface area contributed by atoms with Crippen LogP contribution in [0.15, 0.2) is 22.8 Å². The van der Waals surface area contributed by atoms with Gasteiger partial charge in [0, 0.05) is 6.07 Å². The van der Waals surface area contributed by atoms with E-state index in [2.05, 4.69) is 0 Å². The molecule has 9 heavy (non-hydrogen) atoms. The lowest BCUT2D eigenvalue weighted by atomic mass is 10.5. The molecule has 0 saturated heterocycles. The third-order valence-corrected chi connectivity index (χ3v) is 2.07. The van der Waals surface area contributed by atoms with E-state index < -0.39 is 0 Å². The number of anilines is 1. The first-order chi connectivity index (χ1) is 4.36. The number of rotatable bonds is 0. The van der Waals surface area contributed by atoms with Crippen LogP contribution in [0.1, 0.15) is 0 Å². The molecule has 2 aromatic rings. The van der Waals surface area contributed by atoms with Crippen molar-refractivity contribution in [3.05, 3.63) is 18.4 Å². The smallest absolute Gasteiger partial charge is 0.146 e. The Bertz CT molecular complexity index is 294. The summed E-state index contributed by atoms with van der Waals surface area (Å²) in [6, 6.07) is 3.75. The third kappa shape index (κ3) is 0.616. The zero-order chi connectivity index (χ0) is 6.27. The summed E-state index contributed by atoms with van der Waals surface area (Å²) in [5.41, 5.74) is 6.38. The van der Waals surface area contributed by atoms with Crippen molar-refractivity contribution in [1.29, 1.82) is 0 Å². The predicted molar refractivity (Wildman–Crippen MR) is 38.5 cm³/mol. The first-order valence-electron chi connectivity index (χ1n) is 2.59. The number of fused-ring (bicyclic) bond motifs is 1. The minimum atomic E-state index is 0.810. The number of furan rings is 1. The van der Waals surface area contributed by atoms with Crippen molar-refractivity contribution in [2.24, 2.45) is 0 Å². The van der Waals surface area contributed by atoms with Gasteiger partial charge in [-0.05, 0) is 6.07 Å². The van der Waals surface area contributed by atoms with Gasteiger partial charge in [-0.3, -0.25) is 0 Å². The van der Waals surface area contributed by atoms with Crippen LogP contribution in [0, 0.1) is 0 Å². The minimum absolute atomic E-state index is 0.810. The highest BCUT2D eigenvalue weighted by Gasteiger charge is 1.98. The van der Waals surface area contributed by atoms with Gasteiger partial charge in [-0.25, -0.2) is 0 Å². The van der Waals surface area contributed by atoms with Crippen molar-refractivity contribution in [1.82, 2.24) is 0 Å². The summed E-state index contributed by atoms with van der Waals surface area (Å²) in [5.74, 6) is 0. The van der Waals surface area contributed by atoms with Gasteiger partial charge in [0.05, 0.1) is 16.0 Å². The second kappa shape index (κ2) is 1.51.